The number of benzene rings is 1. The van der Waals surface area contributed by atoms with Crippen LogP contribution in [-0.2, 0) is 33.5 Å². The molecule has 3 fully saturated rings. The maximum atomic E-state index is 10.3. The second-order valence-electron chi connectivity index (χ2n) is 5.90. The number of anilines is 1. The van der Waals surface area contributed by atoms with Crippen molar-refractivity contribution in [3.05, 3.63) is 22.8 Å². The van der Waals surface area contributed by atoms with E-state index in [1.54, 1.807) is 6.07 Å². The lowest BCUT2D eigenvalue weighted by molar-refractivity contribution is 0.395. The van der Waals surface area contributed by atoms with E-state index in [0.717, 1.165) is 61.5 Å². The first-order valence-electron chi connectivity index (χ1n) is 7.17. The fourth-order valence-corrected chi connectivity index (χ4v) is 2.73. The maximum Gasteiger partial charge on any atom is 0.119 e. The highest BCUT2D eigenvalue weighted by Gasteiger charge is 2.32. The van der Waals surface area contributed by atoms with Crippen molar-refractivity contribution in [1.29, 1.82) is 0 Å². The molecule has 3 aliphatic rings. The van der Waals surface area contributed by atoms with Gasteiger partial charge in [0.2, 0.25) is 0 Å². The molecule has 3 saturated heterocycles. The molecular weight excluding hydrogens is 274 g/mol. The average molecular weight is 295 g/mol. The van der Waals surface area contributed by atoms with Crippen molar-refractivity contribution in [2.24, 2.45) is 0 Å². The molecule has 6 nitrogen and oxygen atoms in total. The van der Waals surface area contributed by atoms with Crippen molar-refractivity contribution in [3.8, 4) is 5.75 Å². The first kappa shape index (κ1) is 14.6. The van der Waals surface area contributed by atoms with Gasteiger partial charge in [-0.2, -0.15) is 0 Å². The van der Waals surface area contributed by atoms with Crippen molar-refractivity contribution in [3.63, 3.8) is 0 Å². The van der Waals surface area contributed by atoms with Crippen LogP contribution in [0.15, 0.2) is 6.07 Å². The Morgan fingerprint density at radius 2 is 1.43 bits per heavy atom. The van der Waals surface area contributed by atoms with Crippen molar-refractivity contribution < 1.29 is 24.8 Å². The summed E-state index contributed by atoms with van der Waals surface area (Å²) in [4.78, 5) is 0. The van der Waals surface area contributed by atoms with Crippen LogP contribution in [0.2, 0.25) is 0 Å². The first-order chi connectivity index (χ1) is 9.70. The highest BCUT2D eigenvalue weighted by molar-refractivity contribution is 5.62. The van der Waals surface area contributed by atoms with Crippen LogP contribution in [0.4, 0.5) is 5.69 Å². The van der Waals surface area contributed by atoms with E-state index in [1.165, 1.54) is 0 Å². The van der Waals surface area contributed by atoms with Crippen molar-refractivity contribution in [2.75, 3.05) is 25.6 Å². The van der Waals surface area contributed by atoms with Crippen molar-refractivity contribution >= 4 is 5.69 Å². The van der Waals surface area contributed by atoms with Gasteiger partial charge in [-0.1, -0.05) is 0 Å². The maximum absolute atomic E-state index is 10.3. The zero-order valence-corrected chi connectivity index (χ0v) is 11.8. The zero-order valence-electron chi connectivity index (χ0n) is 11.8. The van der Waals surface area contributed by atoms with Crippen LogP contribution in [0.3, 0.4) is 0 Å². The second kappa shape index (κ2) is 5.46. The van der Waals surface area contributed by atoms with Crippen LogP contribution in [-0.4, -0.2) is 48.7 Å². The van der Waals surface area contributed by atoms with Crippen LogP contribution in [0.1, 0.15) is 16.7 Å². The molecule has 0 bridgehead atoms. The van der Waals surface area contributed by atoms with Gasteiger partial charge in [-0.05, 0) is 17.2 Å². The Bertz CT molecular complexity index is 535. The largest absolute Gasteiger partial charge is 0.508 e. The Morgan fingerprint density at radius 1 is 0.952 bits per heavy atom. The number of hydrogen-bond acceptors (Lipinski definition) is 5. The Labute approximate surface area is 123 Å². The summed E-state index contributed by atoms with van der Waals surface area (Å²) in [6.07, 6.45) is 3.04. The molecule has 21 heavy (non-hydrogen) atoms. The highest BCUT2D eigenvalue weighted by atomic mass is 16.6. The van der Waals surface area contributed by atoms with Gasteiger partial charge in [-0.25, -0.2) is 0 Å². The lowest BCUT2D eigenvalue weighted by Crippen LogP contribution is -2.10. The topological polar surface area (TPSA) is 115 Å². The quantitative estimate of drug-likeness (QED) is 0.434. The minimum absolute atomic E-state index is 0. The molecule has 0 aliphatic carbocycles. The summed E-state index contributed by atoms with van der Waals surface area (Å²) >= 11 is 0. The van der Waals surface area contributed by atoms with Gasteiger partial charge in [-0.15, -0.1) is 0 Å². The summed E-state index contributed by atoms with van der Waals surface area (Å²) in [6.45, 7) is 2.35. The molecule has 0 amide bonds. The summed E-state index contributed by atoms with van der Waals surface area (Å²) in [7, 11) is 0. The number of rotatable bonds is 6. The third kappa shape index (κ3) is 3.29. The molecule has 0 saturated carbocycles. The number of hydrogen-bond donors (Lipinski definition) is 2. The van der Waals surface area contributed by atoms with E-state index in [2.05, 4.69) is 0 Å². The normalized spacial score (nSPS) is 28.9. The lowest BCUT2D eigenvalue weighted by Gasteiger charge is -2.17. The Morgan fingerprint density at radius 3 is 1.95 bits per heavy atom. The van der Waals surface area contributed by atoms with Gasteiger partial charge in [0.15, 0.2) is 0 Å². The molecule has 1 aromatic carbocycles. The summed E-state index contributed by atoms with van der Waals surface area (Å²) < 4.78 is 15.9. The minimum Gasteiger partial charge on any atom is -0.508 e. The van der Waals surface area contributed by atoms with E-state index in [1.807, 2.05) is 0 Å². The number of nitrogen functional groups attached to an aromatic ring is 1. The number of nitrogens with two attached hydrogens (primary N) is 1. The number of epoxide rings is 3. The smallest absolute Gasteiger partial charge is 0.119 e. The number of phenols is 1. The summed E-state index contributed by atoms with van der Waals surface area (Å²) in [6, 6.07) is 1.80. The number of aromatic hydroxyl groups is 1. The van der Waals surface area contributed by atoms with Crippen LogP contribution in [0.25, 0.3) is 0 Å². The van der Waals surface area contributed by atoms with E-state index >= 15 is 0 Å². The van der Waals surface area contributed by atoms with E-state index in [4.69, 9.17) is 19.9 Å². The summed E-state index contributed by atoms with van der Waals surface area (Å²) in [5.74, 6) is 0.334. The molecule has 5 N–H and O–H groups in total. The lowest BCUT2D eigenvalue weighted by atomic mass is 9.92. The van der Waals surface area contributed by atoms with Gasteiger partial charge >= 0.3 is 0 Å². The van der Waals surface area contributed by atoms with E-state index in [0.29, 0.717) is 5.75 Å². The summed E-state index contributed by atoms with van der Waals surface area (Å²) in [5, 5.41) is 10.3. The van der Waals surface area contributed by atoms with Crippen LogP contribution in [0.5, 0.6) is 5.75 Å². The Kier molecular flexibility index (Phi) is 3.79. The molecule has 0 spiro atoms. The molecule has 6 heteroatoms. The van der Waals surface area contributed by atoms with Crippen LogP contribution in [0, 0.1) is 0 Å². The zero-order chi connectivity index (χ0) is 13.7. The molecule has 3 heterocycles. The van der Waals surface area contributed by atoms with Crippen LogP contribution >= 0.6 is 0 Å². The van der Waals surface area contributed by atoms with Gasteiger partial charge < -0.3 is 30.5 Å². The molecule has 3 aliphatic heterocycles. The first-order valence-corrected chi connectivity index (χ1v) is 7.17. The van der Waals surface area contributed by atoms with Crippen molar-refractivity contribution in [1.82, 2.24) is 0 Å². The predicted octanol–water partition coefficient (Wildman–Crippen LogP) is -0.0264. The third-order valence-electron chi connectivity index (χ3n) is 4.17. The van der Waals surface area contributed by atoms with E-state index in [-0.39, 0.29) is 23.8 Å². The molecule has 1 aromatic rings. The van der Waals surface area contributed by atoms with Gasteiger partial charge in [0.05, 0.1) is 38.1 Å². The second-order valence-corrected chi connectivity index (χ2v) is 5.90. The molecular formula is C15H21NO5. The fourth-order valence-electron chi connectivity index (χ4n) is 2.73. The standard InChI is InChI=1S/C15H19NO4.H2O/c16-15-8(1-9-5-18-9)2-14(17)12(3-10-6-19-10)13(15)4-11-7-20-11;/h2,9-11,17H,1,3-7,16H2;1H2. The predicted molar refractivity (Wildman–Crippen MR) is 76.5 cm³/mol. The molecule has 0 aromatic heterocycles. The molecule has 116 valence electrons. The van der Waals surface area contributed by atoms with Crippen LogP contribution < -0.4 is 5.73 Å². The fraction of sp³-hybridized carbons (Fsp3) is 0.600. The van der Waals surface area contributed by atoms with Gasteiger partial charge in [-0.3, -0.25) is 0 Å². The van der Waals surface area contributed by atoms with E-state index < -0.39 is 0 Å². The number of ether oxygens (including phenoxy) is 3. The monoisotopic (exact) mass is 295 g/mol. The molecule has 0 radical (unpaired) electrons. The average Bonchev–Trinajstić information content (AvgIpc) is 3.22. The third-order valence-corrected chi connectivity index (χ3v) is 4.17. The number of phenolic OH excluding ortho intramolecular Hbond substituents is 1. The molecule has 3 atom stereocenters. The van der Waals surface area contributed by atoms with Gasteiger partial charge in [0.25, 0.3) is 0 Å². The molecule has 3 unspecified atom stereocenters. The SMILES string of the molecule is Nc1c(CC2CO2)cc(O)c(CC2CO2)c1CC1CO1.O. The Hall–Kier alpha value is -1.34. The van der Waals surface area contributed by atoms with Crippen molar-refractivity contribution in [2.45, 2.75) is 37.6 Å². The molecule has 4 rings (SSSR count). The minimum atomic E-state index is 0. The van der Waals surface area contributed by atoms with Gasteiger partial charge in [0.1, 0.15) is 5.75 Å². The van der Waals surface area contributed by atoms with E-state index in [9.17, 15) is 5.11 Å². The van der Waals surface area contributed by atoms with Gasteiger partial charge in [0, 0.05) is 30.5 Å². The highest BCUT2D eigenvalue weighted by Crippen LogP contribution is 2.37. The summed E-state index contributed by atoms with van der Waals surface area (Å²) in [5.41, 5.74) is 10.1. The Balaban J connectivity index is 0.00000132.